The molecular weight excluding hydrogens is 1750 g/mol. The van der Waals surface area contributed by atoms with Gasteiger partial charge in [-0.2, -0.15) is 0 Å². The number of rotatable bonds is 34. The van der Waals surface area contributed by atoms with Crippen molar-refractivity contribution in [3.63, 3.8) is 0 Å². The summed E-state index contributed by atoms with van der Waals surface area (Å²) in [6, 6.07) is 18.1. The molecule has 0 radical (unpaired) electrons. The number of H-pyrrole nitrogens is 5. The van der Waals surface area contributed by atoms with Crippen molar-refractivity contribution >= 4 is 155 Å². The van der Waals surface area contributed by atoms with Crippen LogP contribution in [-0.4, -0.2) is 231 Å². The fraction of sp³-hybridized carbons (Fsp3) is 0.374. The smallest absolute Gasteiger partial charge is 0.243 e. The van der Waals surface area contributed by atoms with E-state index in [1.165, 1.54) is 0 Å². The molecule has 1 saturated heterocycles. The minimum atomic E-state index is -1.64. The highest BCUT2D eigenvalue weighted by Crippen LogP contribution is 2.27. The number of hydrogen-bond acceptors (Lipinski definition) is 17. The van der Waals surface area contributed by atoms with Crippen molar-refractivity contribution in [3.8, 4) is 0 Å². The lowest BCUT2D eigenvalue weighted by Crippen LogP contribution is -2.61. The average Bonchev–Trinajstić information content (AvgIpc) is 1.64. The van der Waals surface area contributed by atoms with E-state index >= 15 is 52.7 Å². The fourth-order valence-corrected chi connectivity index (χ4v) is 16.4. The van der Waals surface area contributed by atoms with Crippen molar-refractivity contribution in [1.29, 1.82) is 32.5 Å². The Bertz CT molecular complexity index is 5750. The third-order valence-electron chi connectivity index (χ3n) is 23.4. The van der Waals surface area contributed by atoms with Crippen LogP contribution in [0.15, 0.2) is 152 Å². The molecule has 40 N–H and O–H groups in total. The molecule has 10 aromatic rings. The van der Waals surface area contributed by atoms with E-state index < -0.39 is 167 Å². The summed E-state index contributed by atoms with van der Waals surface area (Å²) in [6.07, 6.45) is 5.53. The molecule has 45 nitrogen and oxygen atoms in total. The minimum absolute atomic E-state index is 0.00573. The molecule has 722 valence electrons. The van der Waals surface area contributed by atoms with Crippen LogP contribution in [0.1, 0.15) is 105 Å². The van der Waals surface area contributed by atoms with Gasteiger partial charge in [-0.25, -0.2) is 0 Å². The van der Waals surface area contributed by atoms with Crippen molar-refractivity contribution < 1.29 is 52.7 Å². The molecule has 5 aromatic heterocycles. The second-order valence-corrected chi connectivity index (χ2v) is 33.4. The van der Waals surface area contributed by atoms with Crippen LogP contribution in [0, 0.1) is 32.5 Å². The number of fused-ring (bicyclic) bond motifs is 5. The third kappa shape index (κ3) is 29.3. The topological polar surface area (TPSA) is 770 Å². The van der Waals surface area contributed by atoms with Crippen LogP contribution in [0.5, 0.6) is 0 Å². The van der Waals surface area contributed by atoms with Gasteiger partial charge in [-0.15, -0.1) is 0 Å². The Hall–Kier alpha value is -16.4. The lowest BCUT2D eigenvalue weighted by atomic mass is 9.99. The summed E-state index contributed by atoms with van der Waals surface area (Å²) in [4.78, 5) is 190. The number of aromatic nitrogens is 5. The van der Waals surface area contributed by atoms with Crippen LogP contribution in [0.25, 0.3) is 54.5 Å². The molecule has 0 unspecified atom stereocenters. The zero-order chi connectivity index (χ0) is 97.3. The maximum absolute atomic E-state index is 16.3. The molecule has 11 atom stereocenters. The summed E-state index contributed by atoms with van der Waals surface area (Å²) >= 11 is 0. The molecule has 0 spiro atoms. The number of aromatic amines is 5. The predicted octanol–water partition coefficient (Wildman–Crippen LogP) is -1.47. The van der Waals surface area contributed by atoms with Gasteiger partial charge in [0.15, 0.2) is 35.8 Å². The van der Waals surface area contributed by atoms with Crippen LogP contribution in [0.2, 0.25) is 0 Å². The number of carbonyl (C=O) groups excluding carboxylic acids is 11. The molecule has 1 fully saturated rings. The summed E-state index contributed by atoms with van der Waals surface area (Å²) in [6.45, 7) is -0.186. The van der Waals surface area contributed by atoms with E-state index in [-0.39, 0.29) is 148 Å². The Balaban J connectivity index is 1.07. The van der Waals surface area contributed by atoms with Crippen LogP contribution in [0.4, 0.5) is 0 Å². The first-order valence-corrected chi connectivity index (χ1v) is 45.0. The highest BCUT2D eigenvalue weighted by molar-refractivity contribution is 6.02. The largest absolute Gasteiger partial charge is 0.370 e. The maximum Gasteiger partial charge on any atom is 0.243 e. The van der Waals surface area contributed by atoms with Gasteiger partial charge in [-0.1, -0.05) is 91.0 Å². The summed E-state index contributed by atoms with van der Waals surface area (Å²) in [7, 11) is 0. The molecule has 11 amide bonds. The summed E-state index contributed by atoms with van der Waals surface area (Å²) in [5.74, 6) is -13.2. The number of carbonyl (C=O) groups is 11. The monoisotopic (exact) mass is 1870 g/mol. The van der Waals surface area contributed by atoms with Crippen molar-refractivity contribution in [2.75, 3.05) is 39.3 Å². The SMILES string of the molecule is N=C(N)NCCC[C@@H]1NC(=O)[C@H](CCCNC(=N)N)NC(=O)[C@H](CCCNC(=N)N)NC(=O)[C@H](CCCNC(=N)N)NC(=O)[C@H](Cc2c[nH]c3ccccc23)NC(=O)[C@H](Cc2c[nH]c3ccccc23)NC(=O)[C@H](Cc2c[nH]c3ccccc23)NC(=O)[C@H](Cc2c[nH]c3ccccc23)NC(=O)[C@H](Cc2c[nH]c3ccccc23)NC(=O)[C@H](CCCNC(=N)N)NC(=O)[C@H](CCCNC(=N)N)NC1=O. The number of para-hydroxylation sites is 5. The van der Waals surface area contributed by atoms with Gasteiger partial charge in [-0.3, -0.25) is 85.2 Å². The first-order valence-electron chi connectivity index (χ1n) is 45.0. The number of nitrogens with two attached hydrogens (primary N) is 6. The molecule has 11 rings (SSSR count). The van der Waals surface area contributed by atoms with Crippen molar-refractivity contribution in [2.45, 2.75) is 176 Å². The number of guanidine groups is 6. The van der Waals surface area contributed by atoms with Crippen LogP contribution in [0.3, 0.4) is 0 Å². The van der Waals surface area contributed by atoms with Gasteiger partial charge >= 0.3 is 0 Å². The minimum Gasteiger partial charge on any atom is -0.370 e. The maximum atomic E-state index is 16.3. The van der Waals surface area contributed by atoms with E-state index in [4.69, 9.17) is 66.9 Å². The zero-order valence-electron chi connectivity index (χ0n) is 75.0. The first kappa shape index (κ1) is 100. The number of hydrogen-bond donors (Lipinski definition) is 34. The second kappa shape index (κ2) is 49.2. The van der Waals surface area contributed by atoms with Crippen LogP contribution >= 0.6 is 0 Å². The Labute approximate surface area is 781 Å². The van der Waals surface area contributed by atoms with Gasteiger partial charge in [0, 0.05) is 157 Å². The summed E-state index contributed by atoms with van der Waals surface area (Å²) in [5.41, 5.74) is 40.2. The van der Waals surface area contributed by atoms with Crippen molar-refractivity contribution in [1.82, 2.24) is 115 Å². The molecule has 1 aliphatic rings. The van der Waals surface area contributed by atoms with Crippen LogP contribution in [-0.2, 0) is 84.8 Å². The highest BCUT2D eigenvalue weighted by Gasteiger charge is 2.40. The molecule has 0 saturated carbocycles. The van der Waals surface area contributed by atoms with Crippen LogP contribution < -0.4 is 125 Å². The molecule has 136 heavy (non-hydrogen) atoms. The molecular formula is C91H122N34O11. The van der Waals surface area contributed by atoms with Gasteiger partial charge in [0.05, 0.1) is 0 Å². The number of amides is 11. The van der Waals surface area contributed by atoms with E-state index in [1.54, 1.807) is 116 Å². The highest BCUT2D eigenvalue weighted by atomic mass is 16.2. The molecule has 6 heterocycles. The van der Waals surface area contributed by atoms with Crippen molar-refractivity contribution in [2.24, 2.45) is 34.4 Å². The summed E-state index contributed by atoms with van der Waals surface area (Å²) < 4.78 is 0. The van der Waals surface area contributed by atoms with Gasteiger partial charge < -0.3 is 150 Å². The number of nitrogens with one attached hydrogen (secondary N) is 28. The normalized spacial score (nSPS) is 20.2. The summed E-state index contributed by atoms with van der Waals surface area (Å²) in [5, 5.41) is 98.2. The molecule has 0 aliphatic carbocycles. The predicted molar refractivity (Wildman–Crippen MR) is 516 cm³/mol. The Kier molecular flexibility index (Phi) is 36.2. The van der Waals surface area contributed by atoms with E-state index in [2.05, 4.69) is 115 Å². The fourth-order valence-electron chi connectivity index (χ4n) is 16.4. The number of benzene rings is 5. The standard InChI is InChI=1S/C91H122N34O11/c92-86(93)104-33-11-27-64-75(126)115-65(28-12-34-105-87(94)95)76(127)117-67(30-14-36-107-89(98)99)78(129)119-69(32-16-38-109-91(102)103)80(131)121-71(40-50-45-111-60-23-7-2-18-55(50)60)82(133)123-73(42-52-47-113-62-25-9-4-20-57(52)62)84(135)125-74(43-53-48-114-63-26-10-5-21-58(53)63)85(136)124-72(41-51-46-112-61-24-8-3-19-56(51)61)83(134)122-70(39-49-44-110-59-22-6-1-17-54(49)59)81(132)120-68(31-15-37-108-90(100)101)79(130)118-66(77(128)116-64)29-13-35-106-88(96)97/h1-10,17-26,44-48,64-74,110-114H,11-16,27-43H2,(H,115,126)(H,116,128)(H,117,127)(H,118,130)(H,119,129)(H,120,132)(H,121,131)(H,122,134)(H,123,133)(H,124,136)(H,125,135)(H4,92,93,104)(H4,94,95,105)(H4,96,97,106)(H4,98,99,107)(H4,100,101,108)(H4,102,103,109)/t64-,65-,66-,67-,68-,69-,70-,71-,72-,73-,74-/m0/s1. The molecule has 0 bridgehead atoms. The van der Waals surface area contributed by atoms with Crippen molar-refractivity contribution in [3.05, 3.63) is 180 Å². The van der Waals surface area contributed by atoms with E-state index in [1.807, 2.05) is 36.4 Å². The lowest BCUT2D eigenvalue weighted by Gasteiger charge is -2.29. The van der Waals surface area contributed by atoms with Gasteiger partial charge in [0.1, 0.15) is 66.5 Å². The van der Waals surface area contributed by atoms with Gasteiger partial charge in [-0.05, 0) is 135 Å². The van der Waals surface area contributed by atoms with Gasteiger partial charge in [0.2, 0.25) is 65.0 Å². The Morgan fingerprint density at radius 3 is 0.493 bits per heavy atom. The second-order valence-electron chi connectivity index (χ2n) is 33.4. The zero-order valence-corrected chi connectivity index (χ0v) is 75.0. The quantitative estimate of drug-likeness (QED) is 0.0124. The van der Waals surface area contributed by atoms with E-state index in [0.717, 1.165) is 0 Å². The van der Waals surface area contributed by atoms with Gasteiger partial charge in [0.25, 0.3) is 0 Å². The molecule has 1 aliphatic heterocycles. The first-order chi connectivity index (χ1) is 65.4. The Morgan fingerprint density at radius 1 is 0.213 bits per heavy atom. The average molecular weight is 1870 g/mol. The Morgan fingerprint density at radius 2 is 0.346 bits per heavy atom. The van der Waals surface area contributed by atoms with E-state index in [0.29, 0.717) is 82.3 Å². The molecule has 5 aromatic carbocycles. The third-order valence-corrected chi connectivity index (χ3v) is 23.4. The molecule has 45 heteroatoms. The van der Waals surface area contributed by atoms with E-state index in [9.17, 15) is 0 Å². The lowest BCUT2D eigenvalue weighted by molar-refractivity contribution is -0.136.